The van der Waals surface area contributed by atoms with Crippen LogP contribution >= 0.6 is 0 Å². The molecule has 0 heterocycles. The van der Waals surface area contributed by atoms with E-state index in [0.717, 1.165) is 0 Å². The summed E-state index contributed by atoms with van der Waals surface area (Å²) in [6.45, 7) is 15.2. The van der Waals surface area contributed by atoms with E-state index >= 15 is 0 Å². The van der Waals surface area contributed by atoms with Crippen molar-refractivity contribution in [3.8, 4) is 0 Å². The quantitative estimate of drug-likeness (QED) is 0.695. The van der Waals surface area contributed by atoms with Gasteiger partial charge in [0.2, 0.25) is 0 Å². The summed E-state index contributed by atoms with van der Waals surface area (Å²) < 4.78 is 0. The zero-order chi connectivity index (χ0) is 14.1. The van der Waals surface area contributed by atoms with Crippen LogP contribution in [0.2, 0.25) is 0 Å². The topological polar surface area (TPSA) is 34.1 Å². The lowest BCUT2D eigenvalue weighted by Gasteiger charge is -2.38. The van der Waals surface area contributed by atoms with Crippen molar-refractivity contribution in [3.05, 3.63) is 0 Å². The largest absolute Gasteiger partial charge is 0.298 e. The lowest BCUT2D eigenvalue weighted by Crippen LogP contribution is -2.49. The van der Waals surface area contributed by atoms with Crippen molar-refractivity contribution in [3.63, 3.8) is 0 Å². The Morgan fingerprint density at radius 1 is 0.706 bits per heavy atom. The summed E-state index contributed by atoms with van der Waals surface area (Å²) >= 11 is 0. The maximum Gasteiger partial charge on any atom is 0.151 e. The minimum atomic E-state index is -0.809. The second-order valence-electron chi connectivity index (χ2n) is 6.95. The van der Waals surface area contributed by atoms with Gasteiger partial charge >= 0.3 is 0 Å². The summed E-state index contributed by atoms with van der Waals surface area (Å²) in [5.74, 6) is 0.157. The van der Waals surface area contributed by atoms with Gasteiger partial charge < -0.3 is 0 Å². The predicted molar refractivity (Wildman–Crippen MR) is 71.9 cm³/mol. The molecule has 0 N–H and O–H groups in total. The van der Waals surface area contributed by atoms with Crippen LogP contribution in [0.3, 0.4) is 0 Å². The Bertz CT molecular complexity index is 268. The average Bonchev–Trinajstić information content (AvgIpc) is 2.17. The van der Waals surface area contributed by atoms with Gasteiger partial charge in [-0.2, -0.15) is 0 Å². The number of hydrogen-bond acceptors (Lipinski definition) is 2. The second kappa shape index (κ2) is 4.91. The smallest absolute Gasteiger partial charge is 0.151 e. The summed E-state index contributed by atoms with van der Waals surface area (Å²) in [6.07, 6.45) is 1.19. The number of carbonyl (C=O) groups is 2. The minimum Gasteiger partial charge on any atom is -0.298 e. The molecule has 100 valence electrons. The third-order valence-electron chi connectivity index (χ3n) is 3.44. The molecule has 0 rings (SSSR count). The maximum absolute atomic E-state index is 12.6. The van der Waals surface area contributed by atoms with Crippen LogP contribution in [-0.4, -0.2) is 11.6 Å². The van der Waals surface area contributed by atoms with Crippen molar-refractivity contribution in [2.24, 2.45) is 16.2 Å². The van der Waals surface area contributed by atoms with Crippen LogP contribution in [0.4, 0.5) is 0 Å². The van der Waals surface area contributed by atoms with Gasteiger partial charge in [-0.1, -0.05) is 55.4 Å². The van der Waals surface area contributed by atoms with E-state index in [1.807, 2.05) is 55.4 Å². The van der Waals surface area contributed by atoms with Gasteiger partial charge in [0.05, 0.1) is 5.41 Å². The van der Waals surface area contributed by atoms with Crippen molar-refractivity contribution in [1.82, 2.24) is 0 Å². The fourth-order valence-electron chi connectivity index (χ4n) is 2.43. The third-order valence-corrected chi connectivity index (χ3v) is 3.44. The molecule has 0 atom stereocenters. The van der Waals surface area contributed by atoms with Crippen molar-refractivity contribution in [1.29, 1.82) is 0 Å². The summed E-state index contributed by atoms with van der Waals surface area (Å²) in [4.78, 5) is 25.2. The van der Waals surface area contributed by atoms with Gasteiger partial charge in [0.15, 0.2) is 11.6 Å². The first-order valence-electron chi connectivity index (χ1n) is 6.53. The van der Waals surface area contributed by atoms with Crippen LogP contribution < -0.4 is 0 Å². The molecule has 0 aliphatic rings. The van der Waals surface area contributed by atoms with Gasteiger partial charge in [-0.25, -0.2) is 0 Å². The molecule has 0 unspecified atom stereocenters. The lowest BCUT2D eigenvalue weighted by atomic mass is 9.62. The average molecular weight is 240 g/mol. The number of hydrogen-bond donors (Lipinski definition) is 0. The van der Waals surface area contributed by atoms with Gasteiger partial charge in [-0.15, -0.1) is 0 Å². The molecule has 0 amide bonds. The highest BCUT2D eigenvalue weighted by molar-refractivity contribution is 6.10. The minimum absolute atomic E-state index is 0.0786. The Labute approximate surface area is 106 Å². The molecule has 0 bridgehead atoms. The first kappa shape index (κ1) is 16.3. The Kier molecular flexibility index (Phi) is 4.72. The number of ketones is 2. The molecule has 0 spiro atoms. The van der Waals surface area contributed by atoms with E-state index in [-0.39, 0.29) is 11.6 Å². The number of Topliss-reactive ketones (excluding diaryl/α,β-unsaturated/α-hetero) is 2. The van der Waals surface area contributed by atoms with Crippen LogP contribution in [0.1, 0.15) is 68.2 Å². The lowest BCUT2D eigenvalue weighted by molar-refractivity contribution is -0.151. The van der Waals surface area contributed by atoms with Crippen molar-refractivity contribution >= 4 is 11.6 Å². The van der Waals surface area contributed by atoms with E-state index < -0.39 is 16.2 Å². The molecule has 2 heteroatoms. The predicted octanol–water partition coefficient (Wildman–Crippen LogP) is 4.02. The monoisotopic (exact) mass is 240 g/mol. The molecule has 0 aromatic rings. The molecule has 0 aromatic carbocycles. The van der Waals surface area contributed by atoms with Crippen LogP contribution in [0, 0.1) is 16.2 Å². The van der Waals surface area contributed by atoms with Crippen LogP contribution in [-0.2, 0) is 9.59 Å². The molecule has 17 heavy (non-hydrogen) atoms. The fourth-order valence-corrected chi connectivity index (χ4v) is 2.43. The highest BCUT2D eigenvalue weighted by Gasteiger charge is 2.49. The van der Waals surface area contributed by atoms with E-state index in [2.05, 4.69) is 0 Å². The first-order chi connectivity index (χ1) is 7.43. The Hall–Kier alpha value is -0.660. The van der Waals surface area contributed by atoms with Gasteiger partial charge in [0.25, 0.3) is 0 Å². The summed E-state index contributed by atoms with van der Waals surface area (Å²) in [7, 11) is 0. The zero-order valence-electron chi connectivity index (χ0n) is 12.7. The molecule has 0 saturated carbocycles. The van der Waals surface area contributed by atoms with E-state index in [1.54, 1.807) is 0 Å². The molecule has 0 aliphatic carbocycles. The Morgan fingerprint density at radius 2 is 0.941 bits per heavy atom. The molecular formula is C15H28O2. The fraction of sp³-hybridized carbons (Fsp3) is 0.867. The van der Waals surface area contributed by atoms with Crippen molar-refractivity contribution in [2.45, 2.75) is 68.2 Å². The van der Waals surface area contributed by atoms with Gasteiger partial charge in [0, 0.05) is 10.8 Å². The summed E-state index contributed by atoms with van der Waals surface area (Å²) in [5, 5.41) is 0. The van der Waals surface area contributed by atoms with Gasteiger partial charge in [0.1, 0.15) is 0 Å². The van der Waals surface area contributed by atoms with E-state index in [9.17, 15) is 9.59 Å². The van der Waals surface area contributed by atoms with Crippen LogP contribution in [0.25, 0.3) is 0 Å². The summed E-state index contributed by atoms with van der Waals surface area (Å²) in [5.41, 5.74) is -1.74. The zero-order valence-corrected chi connectivity index (χ0v) is 12.7. The van der Waals surface area contributed by atoms with Gasteiger partial charge in [-0.05, 0) is 12.8 Å². The normalized spacial score (nSPS) is 13.6. The second-order valence-corrected chi connectivity index (χ2v) is 6.95. The standard InChI is InChI=1S/C15H28O2/c1-9-15(10-2,11(16)13(3,4)5)12(17)14(6,7)8/h9-10H2,1-8H3. The SMILES string of the molecule is CCC(CC)(C(=O)C(C)(C)C)C(=O)C(C)(C)C. The van der Waals surface area contributed by atoms with Crippen molar-refractivity contribution in [2.75, 3.05) is 0 Å². The van der Waals surface area contributed by atoms with E-state index in [4.69, 9.17) is 0 Å². The van der Waals surface area contributed by atoms with Crippen molar-refractivity contribution < 1.29 is 9.59 Å². The van der Waals surface area contributed by atoms with Crippen LogP contribution in [0.15, 0.2) is 0 Å². The van der Waals surface area contributed by atoms with E-state index in [0.29, 0.717) is 12.8 Å². The van der Waals surface area contributed by atoms with E-state index in [1.165, 1.54) is 0 Å². The maximum atomic E-state index is 12.6. The Morgan fingerprint density at radius 3 is 1.06 bits per heavy atom. The van der Waals surface area contributed by atoms with Crippen LogP contribution in [0.5, 0.6) is 0 Å². The molecule has 0 saturated heterocycles. The summed E-state index contributed by atoms with van der Waals surface area (Å²) in [6, 6.07) is 0. The number of carbonyl (C=O) groups excluding carboxylic acids is 2. The van der Waals surface area contributed by atoms with Gasteiger partial charge in [-0.3, -0.25) is 9.59 Å². The molecule has 2 nitrogen and oxygen atoms in total. The first-order valence-corrected chi connectivity index (χ1v) is 6.53. The molecule has 0 aromatic heterocycles. The molecule has 0 radical (unpaired) electrons. The molecule has 0 aliphatic heterocycles. The number of rotatable bonds is 4. The third kappa shape index (κ3) is 3.17. The molecule has 0 fully saturated rings. The molecular weight excluding hydrogens is 212 g/mol. The highest BCUT2D eigenvalue weighted by Crippen LogP contribution is 2.41. The highest BCUT2D eigenvalue weighted by atomic mass is 16.2. The Balaban J connectivity index is 5.63.